The molecule has 2 heterocycles. The maximum absolute atomic E-state index is 11.8. The Morgan fingerprint density at radius 1 is 1.33 bits per heavy atom. The first kappa shape index (κ1) is 9.16. The zero-order valence-corrected chi connectivity index (χ0v) is 9.27. The molecular weight excluding hydrogens is 206 g/mol. The highest BCUT2D eigenvalue weighted by Gasteiger charge is 2.18. The van der Waals surface area contributed by atoms with Crippen LogP contribution < -0.4 is 5.43 Å². The lowest BCUT2D eigenvalue weighted by atomic mass is 10.0. The monoisotopic (exact) mass is 219 g/mol. The van der Waals surface area contributed by atoms with Crippen LogP contribution in [0.1, 0.15) is 37.3 Å². The summed E-state index contributed by atoms with van der Waals surface area (Å²) < 4.78 is 0.858. The first-order valence-electron chi connectivity index (χ1n) is 5.45. The van der Waals surface area contributed by atoms with Crippen LogP contribution in [0.25, 0.3) is 10.2 Å². The van der Waals surface area contributed by atoms with Crippen LogP contribution in [0.5, 0.6) is 0 Å². The molecule has 0 spiro atoms. The van der Waals surface area contributed by atoms with Crippen molar-refractivity contribution in [3.63, 3.8) is 0 Å². The Kier molecular flexibility index (Phi) is 2.13. The molecule has 0 aromatic carbocycles. The van der Waals surface area contributed by atoms with Gasteiger partial charge in [0.25, 0.3) is 0 Å². The Morgan fingerprint density at radius 2 is 2.13 bits per heavy atom. The first-order chi connectivity index (χ1) is 7.34. The van der Waals surface area contributed by atoms with Gasteiger partial charge < -0.3 is 4.98 Å². The molecule has 0 amide bonds. The molecule has 2 aromatic rings. The number of H-pyrrole nitrogens is 1. The number of thiophene rings is 1. The molecule has 15 heavy (non-hydrogen) atoms. The molecule has 2 aromatic heterocycles. The highest BCUT2D eigenvalue weighted by molar-refractivity contribution is 7.17. The molecular formula is C12H13NOS. The number of aromatic nitrogens is 1. The minimum Gasteiger partial charge on any atom is -0.357 e. The molecule has 78 valence electrons. The fourth-order valence-electron chi connectivity index (χ4n) is 2.45. The van der Waals surface area contributed by atoms with Crippen LogP contribution >= 0.6 is 11.3 Å². The minimum absolute atomic E-state index is 0.181. The molecule has 1 aliphatic rings. The van der Waals surface area contributed by atoms with Crippen LogP contribution in [0.2, 0.25) is 0 Å². The summed E-state index contributed by atoms with van der Waals surface area (Å²) in [6, 6.07) is 3.80. The average Bonchev–Trinajstić information content (AvgIpc) is 2.88. The van der Waals surface area contributed by atoms with Crippen molar-refractivity contribution in [2.24, 2.45) is 0 Å². The largest absolute Gasteiger partial charge is 0.357 e. The standard InChI is InChI=1S/C12H13NOS/c14-11-7-10(8-3-1-2-4-8)13-9-5-6-15-12(9)11/h5-8H,1-4H2,(H,13,14). The van der Waals surface area contributed by atoms with E-state index in [4.69, 9.17) is 0 Å². The molecule has 0 saturated heterocycles. The Morgan fingerprint density at radius 3 is 2.93 bits per heavy atom. The van der Waals surface area contributed by atoms with Gasteiger partial charge in [-0.25, -0.2) is 0 Å². The van der Waals surface area contributed by atoms with Crippen LogP contribution in [0.15, 0.2) is 22.3 Å². The zero-order valence-electron chi connectivity index (χ0n) is 8.45. The number of aromatic amines is 1. The summed E-state index contributed by atoms with van der Waals surface area (Å²) in [4.78, 5) is 15.2. The van der Waals surface area contributed by atoms with Gasteiger partial charge in [0.15, 0.2) is 5.43 Å². The van der Waals surface area contributed by atoms with E-state index >= 15 is 0 Å². The van der Waals surface area contributed by atoms with Gasteiger partial charge in [-0.3, -0.25) is 4.79 Å². The number of hydrogen-bond acceptors (Lipinski definition) is 2. The van der Waals surface area contributed by atoms with Crippen molar-refractivity contribution in [1.82, 2.24) is 4.98 Å². The first-order valence-corrected chi connectivity index (χ1v) is 6.33. The third-order valence-electron chi connectivity index (χ3n) is 3.25. The molecule has 3 rings (SSSR count). The molecule has 0 radical (unpaired) electrons. The second kappa shape index (κ2) is 3.49. The lowest BCUT2D eigenvalue weighted by Crippen LogP contribution is -2.05. The third kappa shape index (κ3) is 1.51. The predicted octanol–water partition coefficient (Wildman–Crippen LogP) is 3.25. The van der Waals surface area contributed by atoms with E-state index in [9.17, 15) is 4.79 Å². The van der Waals surface area contributed by atoms with Gasteiger partial charge in [-0.1, -0.05) is 12.8 Å². The summed E-state index contributed by atoms with van der Waals surface area (Å²) in [6.45, 7) is 0. The quantitative estimate of drug-likeness (QED) is 0.784. The summed E-state index contributed by atoms with van der Waals surface area (Å²) in [5.41, 5.74) is 2.33. The molecule has 1 N–H and O–H groups in total. The highest BCUT2D eigenvalue weighted by Crippen LogP contribution is 2.33. The molecule has 1 fully saturated rings. The summed E-state index contributed by atoms with van der Waals surface area (Å²) in [5.74, 6) is 0.585. The normalized spacial score (nSPS) is 17.6. The molecule has 1 aliphatic carbocycles. The van der Waals surface area contributed by atoms with E-state index in [0.29, 0.717) is 5.92 Å². The Hall–Kier alpha value is -1.09. The average molecular weight is 219 g/mol. The number of nitrogens with one attached hydrogen (secondary N) is 1. The topological polar surface area (TPSA) is 32.9 Å². The van der Waals surface area contributed by atoms with E-state index in [1.54, 1.807) is 6.07 Å². The molecule has 0 unspecified atom stereocenters. The van der Waals surface area contributed by atoms with Gasteiger partial charge in [0.1, 0.15) is 0 Å². The fraction of sp³-hybridized carbons (Fsp3) is 0.417. The van der Waals surface area contributed by atoms with E-state index < -0.39 is 0 Å². The number of hydrogen-bond donors (Lipinski definition) is 1. The lowest BCUT2D eigenvalue weighted by molar-refractivity contribution is 0.700. The van der Waals surface area contributed by atoms with Crippen molar-refractivity contribution >= 4 is 21.6 Å². The van der Waals surface area contributed by atoms with Crippen molar-refractivity contribution in [3.05, 3.63) is 33.4 Å². The van der Waals surface area contributed by atoms with Gasteiger partial charge in [-0.05, 0) is 30.2 Å². The van der Waals surface area contributed by atoms with E-state index in [1.165, 1.54) is 37.0 Å². The van der Waals surface area contributed by atoms with Crippen molar-refractivity contribution in [2.75, 3.05) is 0 Å². The fourth-order valence-corrected chi connectivity index (χ4v) is 3.21. The third-order valence-corrected chi connectivity index (χ3v) is 4.18. The van der Waals surface area contributed by atoms with E-state index in [-0.39, 0.29) is 5.43 Å². The lowest BCUT2D eigenvalue weighted by Gasteiger charge is -2.08. The minimum atomic E-state index is 0.181. The molecule has 0 atom stereocenters. The van der Waals surface area contributed by atoms with Crippen molar-refractivity contribution in [2.45, 2.75) is 31.6 Å². The summed E-state index contributed by atoms with van der Waals surface area (Å²) in [6.07, 6.45) is 5.06. The Bertz CT molecular complexity index is 534. The summed E-state index contributed by atoms with van der Waals surface area (Å²) in [7, 11) is 0. The number of pyridine rings is 1. The molecule has 2 nitrogen and oxygen atoms in total. The van der Waals surface area contributed by atoms with Gasteiger partial charge in [0.05, 0.1) is 10.2 Å². The van der Waals surface area contributed by atoms with Gasteiger partial charge in [0, 0.05) is 11.8 Å². The maximum atomic E-state index is 11.8. The van der Waals surface area contributed by atoms with Crippen LogP contribution in [-0.2, 0) is 0 Å². The Balaban J connectivity index is 2.15. The van der Waals surface area contributed by atoms with Crippen LogP contribution in [-0.4, -0.2) is 4.98 Å². The second-order valence-electron chi connectivity index (χ2n) is 4.23. The Labute approximate surface area is 92.0 Å². The summed E-state index contributed by atoms with van der Waals surface area (Å²) >= 11 is 1.52. The van der Waals surface area contributed by atoms with E-state index in [1.807, 2.05) is 11.4 Å². The molecule has 0 aliphatic heterocycles. The van der Waals surface area contributed by atoms with E-state index in [2.05, 4.69) is 4.98 Å². The van der Waals surface area contributed by atoms with Gasteiger partial charge in [-0.2, -0.15) is 0 Å². The second-order valence-corrected chi connectivity index (χ2v) is 5.15. The van der Waals surface area contributed by atoms with Crippen LogP contribution in [0, 0.1) is 0 Å². The van der Waals surface area contributed by atoms with Gasteiger partial charge >= 0.3 is 0 Å². The zero-order chi connectivity index (χ0) is 10.3. The highest BCUT2D eigenvalue weighted by atomic mass is 32.1. The predicted molar refractivity (Wildman–Crippen MR) is 63.7 cm³/mol. The molecule has 3 heteroatoms. The SMILES string of the molecule is O=c1cc(C2CCCC2)[nH]c2ccsc12. The molecule has 0 bridgehead atoms. The maximum Gasteiger partial charge on any atom is 0.199 e. The summed E-state index contributed by atoms with van der Waals surface area (Å²) in [5, 5.41) is 1.97. The van der Waals surface area contributed by atoms with E-state index in [0.717, 1.165) is 15.9 Å². The molecule has 1 saturated carbocycles. The number of fused-ring (bicyclic) bond motifs is 1. The van der Waals surface area contributed by atoms with Gasteiger partial charge in [-0.15, -0.1) is 11.3 Å². The van der Waals surface area contributed by atoms with Crippen LogP contribution in [0.4, 0.5) is 0 Å². The number of rotatable bonds is 1. The van der Waals surface area contributed by atoms with Crippen molar-refractivity contribution < 1.29 is 0 Å². The van der Waals surface area contributed by atoms with Crippen molar-refractivity contribution in [3.8, 4) is 0 Å². The smallest absolute Gasteiger partial charge is 0.199 e. The van der Waals surface area contributed by atoms with Crippen LogP contribution in [0.3, 0.4) is 0 Å². The van der Waals surface area contributed by atoms with Crippen molar-refractivity contribution in [1.29, 1.82) is 0 Å². The van der Waals surface area contributed by atoms with Gasteiger partial charge in [0.2, 0.25) is 0 Å².